The van der Waals surface area contributed by atoms with Crippen molar-refractivity contribution in [2.24, 2.45) is 0 Å². The second kappa shape index (κ2) is 8.34. The predicted octanol–water partition coefficient (Wildman–Crippen LogP) is 5.03. The molecule has 0 fully saturated rings. The first kappa shape index (κ1) is 20.4. The normalized spacial score (nSPS) is 10.6. The molecule has 3 aromatic rings. The molecule has 0 unspecified atom stereocenters. The van der Waals surface area contributed by atoms with Crippen molar-refractivity contribution in [3.63, 3.8) is 0 Å². The van der Waals surface area contributed by atoms with Crippen LogP contribution in [0.1, 0.15) is 17.3 Å². The molecule has 0 radical (unpaired) electrons. The highest BCUT2D eigenvalue weighted by molar-refractivity contribution is 9.11. The average Bonchev–Trinajstić information content (AvgIpc) is 2.61. The number of carbonyl (C=O) groups excluding carboxylic acids is 3. The van der Waals surface area contributed by atoms with E-state index >= 15 is 0 Å². The molecule has 142 valence electrons. The topological polar surface area (TPSA) is 92.3 Å². The van der Waals surface area contributed by atoms with Gasteiger partial charge in [-0.25, -0.2) is 9.78 Å². The molecule has 0 bridgehead atoms. The van der Waals surface area contributed by atoms with E-state index in [1.54, 1.807) is 36.4 Å². The Labute approximate surface area is 181 Å². The van der Waals surface area contributed by atoms with Crippen molar-refractivity contribution in [2.45, 2.75) is 6.92 Å². The fourth-order valence-electron chi connectivity index (χ4n) is 2.40. The standard InChI is InChI=1S/C18H11Br2ClN4O3/c1-9(26)25(17(27)16-11(19)3-2-4-12(16)20)18(28)24-15-8-22-14-7-10(21)5-6-13(14)23-15/h2-8H,1H3,(H,23,24,28). The zero-order chi connectivity index (χ0) is 20.4. The summed E-state index contributed by atoms with van der Waals surface area (Å²) in [5, 5.41) is 2.93. The van der Waals surface area contributed by atoms with Gasteiger partial charge in [0.25, 0.3) is 5.91 Å². The number of hydrogen-bond acceptors (Lipinski definition) is 5. The maximum absolute atomic E-state index is 12.8. The first-order valence-corrected chi connectivity index (χ1v) is 9.76. The van der Waals surface area contributed by atoms with Crippen molar-refractivity contribution >= 4 is 78.2 Å². The number of carbonyl (C=O) groups is 3. The summed E-state index contributed by atoms with van der Waals surface area (Å²) in [4.78, 5) is 46.4. The highest BCUT2D eigenvalue weighted by atomic mass is 79.9. The number of nitrogens with one attached hydrogen (secondary N) is 1. The molecule has 0 aliphatic heterocycles. The van der Waals surface area contributed by atoms with Gasteiger partial charge in [-0.1, -0.05) is 17.7 Å². The van der Waals surface area contributed by atoms with Crippen LogP contribution >= 0.6 is 43.5 Å². The third-order valence-electron chi connectivity index (χ3n) is 3.64. The Hall–Kier alpha value is -2.36. The minimum atomic E-state index is -0.942. The van der Waals surface area contributed by atoms with Crippen molar-refractivity contribution in [2.75, 3.05) is 5.32 Å². The van der Waals surface area contributed by atoms with Crippen LogP contribution in [0.3, 0.4) is 0 Å². The van der Waals surface area contributed by atoms with Crippen LogP contribution in [-0.2, 0) is 4.79 Å². The van der Waals surface area contributed by atoms with Crippen molar-refractivity contribution in [3.05, 3.63) is 62.1 Å². The molecule has 28 heavy (non-hydrogen) atoms. The molecule has 1 heterocycles. The summed E-state index contributed by atoms with van der Waals surface area (Å²) >= 11 is 12.4. The number of amides is 4. The van der Waals surface area contributed by atoms with Gasteiger partial charge in [-0.05, 0) is 62.2 Å². The monoisotopic (exact) mass is 524 g/mol. The maximum Gasteiger partial charge on any atom is 0.336 e. The van der Waals surface area contributed by atoms with Gasteiger partial charge in [0.1, 0.15) is 0 Å². The summed E-state index contributed by atoms with van der Waals surface area (Å²) in [7, 11) is 0. The van der Waals surface area contributed by atoms with E-state index in [1.807, 2.05) is 0 Å². The molecule has 0 aliphatic carbocycles. The minimum Gasteiger partial charge on any atom is -0.290 e. The molecule has 2 aromatic carbocycles. The van der Waals surface area contributed by atoms with Gasteiger partial charge in [-0.15, -0.1) is 0 Å². The lowest BCUT2D eigenvalue weighted by Gasteiger charge is -2.19. The van der Waals surface area contributed by atoms with E-state index < -0.39 is 17.8 Å². The molecule has 10 heteroatoms. The van der Waals surface area contributed by atoms with Crippen LogP contribution in [0, 0.1) is 0 Å². The molecule has 3 rings (SSSR count). The summed E-state index contributed by atoms with van der Waals surface area (Å²) in [5.74, 6) is -1.44. The Bertz CT molecular complexity index is 1100. The Balaban J connectivity index is 1.91. The lowest BCUT2D eigenvalue weighted by molar-refractivity contribution is -0.123. The fraction of sp³-hybridized carbons (Fsp3) is 0.0556. The van der Waals surface area contributed by atoms with E-state index in [9.17, 15) is 14.4 Å². The van der Waals surface area contributed by atoms with Crippen LogP contribution in [0.2, 0.25) is 5.02 Å². The van der Waals surface area contributed by atoms with Crippen LogP contribution in [-0.4, -0.2) is 32.7 Å². The SMILES string of the molecule is CC(=O)N(C(=O)Nc1cnc2cc(Cl)ccc2n1)C(=O)c1c(Br)cccc1Br. The fourth-order valence-corrected chi connectivity index (χ4v) is 3.91. The lowest BCUT2D eigenvalue weighted by atomic mass is 10.2. The van der Waals surface area contributed by atoms with Crippen LogP contribution in [0.4, 0.5) is 10.6 Å². The van der Waals surface area contributed by atoms with Gasteiger partial charge in [-0.2, -0.15) is 4.90 Å². The molecular formula is C18H11Br2ClN4O3. The third kappa shape index (κ3) is 4.21. The van der Waals surface area contributed by atoms with E-state index in [1.165, 1.54) is 6.20 Å². The minimum absolute atomic E-state index is 0.0880. The molecule has 0 aliphatic rings. The smallest absolute Gasteiger partial charge is 0.290 e. The first-order chi connectivity index (χ1) is 13.3. The molecule has 1 N–H and O–H groups in total. The van der Waals surface area contributed by atoms with Crippen molar-refractivity contribution in [1.82, 2.24) is 14.9 Å². The number of imide groups is 3. The van der Waals surface area contributed by atoms with Crippen LogP contribution in [0.5, 0.6) is 0 Å². The summed E-state index contributed by atoms with van der Waals surface area (Å²) in [6.45, 7) is 1.12. The Morgan fingerprint density at radius 2 is 1.75 bits per heavy atom. The summed E-state index contributed by atoms with van der Waals surface area (Å²) in [6, 6.07) is 8.95. The highest BCUT2D eigenvalue weighted by Crippen LogP contribution is 2.27. The zero-order valence-corrected chi connectivity index (χ0v) is 18.2. The maximum atomic E-state index is 12.8. The van der Waals surface area contributed by atoms with Crippen molar-refractivity contribution in [1.29, 1.82) is 0 Å². The predicted molar refractivity (Wildman–Crippen MR) is 112 cm³/mol. The second-order valence-corrected chi connectivity index (χ2v) is 7.72. The van der Waals surface area contributed by atoms with E-state index in [0.29, 0.717) is 29.9 Å². The van der Waals surface area contributed by atoms with Gasteiger partial charge in [0.15, 0.2) is 5.82 Å². The van der Waals surface area contributed by atoms with E-state index in [-0.39, 0.29) is 11.4 Å². The number of anilines is 1. The van der Waals surface area contributed by atoms with Gasteiger partial charge in [-0.3, -0.25) is 19.9 Å². The number of benzene rings is 2. The van der Waals surface area contributed by atoms with Gasteiger partial charge in [0.05, 0.1) is 22.8 Å². The van der Waals surface area contributed by atoms with Gasteiger partial charge in [0, 0.05) is 20.9 Å². The highest BCUT2D eigenvalue weighted by Gasteiger charge is 2.30. The second-order valence-electron chi connectivity index (χ2n) is 5.57. The largest absolute Gasteiger partial charge is 0.336 e. The Morgan fingerprint density at radius 3 is 2.39 bits per heavy atom. The number of hydrogen-bond donors (Lipinski definition) is 1. The third-order valence-corrected chi connectivity index (χ3v) is 5.19. The summed E-state index contributed by atoms with van der Waals surface area (Å²) in [5.41, 5.74) is 1.19. The van der Waals surface area contributed by atoms with Crippen molar-refractivity contribution < 1.29 is 14.4 Å². The van der Waals surface area contributed by atoms with E-state index in [0.717, 1.165) is 6.92 Å². The quantitative estimate of drug-likeness (QED) is 0.506. The lowest BCUT2D eigenvalue weighted by Crippen LogP contribution is -2.43. The van der Waals surface area contributed by atoms with Gasteiger partial charge in [0.2, 0.25) is 5.91 Å². The number of rotatable bonds is 2. The number of halogens is 3. The Morgan fingerprint density at radius 1 is 1.07 bits per heavy atom. The van der Waals surface area contributed by atoms with Gasteiger partial charge >= 0.3 is 6.03 Å². The van der Waals surface area contributed by atoms with E-state index in [2.05, 4.69) is 47.1 Å². The Kier molecular flexibility index (Phi) is 6.07. The molecule has 7 nitrogen and oxygen atoms in total. The van der Waals surface area contributed by atoms with Crippen molar-refractivity contribution in [3.8, 4) is 0 Å². The first-order valence-electron chi connectivity index (χ1n) is 7.80. The number of aromatic nitrogens is 2. The number of nitrogens with zero attached hydrogens (tertiary/aromatic N) is 3. The zero-order valence-electron chi connectivity index (χ0n) is 14.2. The average molecular weight is 527 g/mol. The molecule has 4 amide bonds. The molecule has 0 spiro atoms. The van der Waals surface area contributed by atoms with Crippen LogP contribution in [0.15, 0.2) is 51.5 Å². The molecule has 1 aromatic heterocycles. The number of urea groups is 1. The van der Waals surface area contributed by atoms with Crippen LogP contribution in [0.25, 0.3) is 11.0 Å². The van der Waals surface area contributed by atoms with Crippen LogP contribution < -0.4 is 5.32 Å². The number of fused-ring (bicyclic) bond motifs is 1. The van der Waals surface area contributed by atoms with E-state index in [4.69, 9.17) is 11.6 Å². The van der Waals surface area contributed by atoms with Gasteiger partial charge < -0.3 is 0 Å². The summed E-state index contributed by atoms with van der Waals surface area (Å²) < 4.78 is 0.876. The molecule has 0 atom stereocenters. The molecular weight excluding hydrogens is 515 g/mol. The molecule has 0 saturated carbocycles. The molecule has 0 saturated heterocycles. The summed E-state index contributed by atoms with van der Waals surface area (Å²) in [6.07, 6.45) is 1.31.